The molecule has 0 spiro atoms. The third-order valence-corrected chi connectivity index (χ3v) is 3.31. The summed E-state index contributed by atoms with van der Waals surface area (Å²) >= 11 is 1.49. The van der Waals surface area contributed by atoms with Crippen molar-refractivity contribution in [2.24, 2.45) is 0 Å². The van der Waals surface area contributed by atoms with Crippen LogP contribution in [0.4, 0.5) is 5.69 Å². The molecule has 1 heterocycles. The van der Waals surface area contributed by atoms with Gasteiger partial charge < -0.3 is 0 Å². The van der Waals surface area contributed by atoms with Gasteiger partial charge in [0.2, 0.25) is 0 Å². The quantitative estimate of drug-likeness (QED) is 0.472. The number of rotatable bonds is 3. The summed E-state index contributed by atoms with van der Waals surface area (Å²) in [6, 6.07) is 7.29. The van der Waals surface area contributed by atoms with E-state index in [4.69, 9.17) is 0 Å². The number of nitro groups is 1. The van der Waals surface area contributed by atoms with Crippen LogP contribution < -0.4 is 0 Å². The second-order valence-electron chi connectivity index (χ2n) is 3.91. The highest BCUT2D eigenvalue weighted by molar-refractivity contribution is 8.00. The largest absolute Gasteiger partial charge is 0.308 e. The first-order chi connectivity index (χ1) is 8.09. The van der Waals surface area contributed by atoms with Crippen LogP contribution in [0.3, 0.4) is 0 Å². The highest BCUT2D eigenvalue weighted by Crippen LogP contribution is 2.36. The molecule has 17 heavy (non-hydrogen) atoms. The molecule has 0 aliphatic heterocycles. The van der Waals surface area contributed by atoms with E-state index in [1.54, 1.807) is 18.3 Å². The number of thioether (sulfide) groups is 1. The molecule has 1 aromatic heterocycles. The Morgan fingerprint density at radius 3 is 2.76 bits per heavy atom. The average molecular weight is 248 g/mol. The second kappa shape index (κ2) is 4.71. The lowest BCUT2D eigenvalue weighted by atomic mass is 10.2. The summed E-state index contributed by atoms with van der Waals surface area (Å²) in [5.74, 6) is 0. The molecule has 0 saturated carbocycles. The summed E-state index contributed by atoms with van der Waals surface area (Å²) in [6.07, 6.45) is 1.58. The van der Waals surface area contributed by atoms with Crippen LogP contribution in [-0.2, 0) is 0 Å². The predicted molar refractivity (Wildman–Crippen MR) is 69.4 cm³/mol. The second-order valence-corrected chi connectivity index (χ2v) is 5.53. The van der Waals surface area contributed by atoms with Crippen LogP contribution in [0.5, 0.6) is 0 Å². The van der Waals surface area contributed by atoms with Gasteiger partial charge in [0, 0.05) is 16.8 Å². The number of nitro benzene ring substituents is 1. The third kappa shape index (κ3) is 2.39. The van der Waals surface area contributed by atoms with Crippen molar-refractivity contribution >= 4 is 28.4 Å². The molecular formula is C12H12N2O2S. The van der Waals surface area contributed by atoms with Crippen molar-refractivity contribution in [3.05, 3.63) is 40.6 Å². The number of nitrogens with zero attached hydrogens (tertiary/aromatic N) is 2. The van der Waals surface area contributed by atoms with Crippen LogP contribution >= 0.6 is 11.8 Å². The molecule has 0 aliphatic carbocycles. The van der Waals surface area contributed by atoms with Crippen molar-refractivity contribution in [3.8, 4) is 0 Å². The van der Waals surface area contributed by atoms with Crippen molar-refractivity contribution in [1.29, 1.82) is 0 Å². The SMILES string of the molecule is CC(C)Sc1ccc2cccnc2c1[N+](=O)[O-]. The number of fused-ring (bicyclic) bond motifs is 1. The van der Waals surface area contributed by atoms with Gasteiger partial charge in [-0.05, 0) is 12.1 Å². The maximum Gasteiger partial charge on any atom is 0.308 e. The van der Waals surface area contributed by atoms with Crippen molar-refractivity contribution in [2.75, 3.05) is 0 Å². The fraction of sp³-hybridized carbons (Fsp3) is 0.250. The molecule has 0 unspecified atom stereocenters. The Kier molecular flexibility index (Phi) is 3.28. The molecule has 0 amide bonds. The van der Waals surface area contributed by atoms with E-state index >= 15 is 0 Å². The molecule has 0 atom stereocenters. The Morgan fingerprint density at radius 2 is 2.12 bits per heavy atom. The average Bonchev–Trinajstić information content (AvgIpc) is 2.27. The van der Waals surface area contributed by atoms with Gasteiger partial charge in [-0.1, -0.05) is 26.0 Å². The Bertz CT molecular complexity index is 569. The lowest BCUT2D eigenvalue weighted by Gasteiger charge is -2.07. The molecule has 0 fully saturated rings. The molecule has 0 bridgehead atoms. The van der Waals surface area contributed by atoms with Crippen LogP contribution in [0, 0.1) is 10.1 Å². The van der Waals surface area contributed by atoms with Crippen molar-refractivity contribution in [2.45, 2.75) is 24.0 Å². The number of aromatic nitrogens is 1. The zero-order valence-corrected chi connectivity index (χ0v) is 10.4. The normalized spacial score (nSPS) is 11.0. The van der Waals surface area contributed by atoms with Gasteiger partial charge in [0.25, 0.3) is 0 Å². The van der Waals surface area contributed by atoms with E-state index in [1.807, 2.05) is 26.0 Å². The van der Waals surface area contributed by atoms with Gasteiger partial charge in [-0.2, -0.15) is 0 Å². The molecular weight excluding hydrogens is 236 g/mol. The van der Waals surface area contributed by atoms with E-state index in [1.165, 1.54) is 11.8 Å². The number of benzene rings is 1. The number of hydrogen-bond acceptors (Lipinski definition) is 4. The molecule has 1 aromatic carbocycles. The third-order valence-electron chi connectivity index (χ3n) is 2.26. The van der Waals surface area contributed by atoms with E-state index in [9.17, 15) is 10.1 Å². The molecule has 0 radical (unpaired) electrons. The summed E-state index contributed by atoms with van der Waals surface area (Å²) in [6.45, 7) is 4.02. The predicted octanol–water partition coefficient (Wildman–Crippen LogP) is 3.64. The van der Waals surface area contributed by atoms with E-state index in [0.29, 0.717) is 15.7 Å². The summed E-state index contributed by atoms with van der Waals surface area (Å²) in [5.41, 5.74) is 0.574. The molecule has 0 saturated heterocycles. The fourth-order valence-corrected chi connectivity index (χ4v) is 2.57. The molecule has 0 N–H and O–H groups in total. The maximum atomic E-state index is 11.2. The van der Waals surface area contributed by atoms with E-state index in [0.717, 1.165) is 5.39 Å². The minimum absolute atomic E-state index is 0.113. The lowest BCUT2D eigenvalue weighted by Crippen LogP contribution is -1.96. The number of pyridine rings is 1. The maximum absolute atomic E-state index is 11.2. The first kappa shape index (κ1) is 11.9. The zero-order valence-electron chi connectivity index (χ0n) is 9.58. The van der Waals surface area contributed by atoms with Crippen molar-refractivity contribution in [3.63, 3.8) is 0 Å². The fourth-order valence-electron chi connectivity index (χ4n) is 1.64. The van der Waals surface area contributed by atoms with Gasteiger partial charge in [-0.15, -0.1) is 11.8 Å². The van der Waals surface area contributed by atoms with Crippen molar-refractivity contribution in [1.82, 2.24) is 4.98 Å². The Labute approximate surface area is 103 Å². The van der Waals surface area contributed by atoms with Crippen LogP contribution in [0.2, 0.25) is 0 Å². The van der Waals surface area contributed by atoms with Gasteiger partial charge in [-0.3, -0.25) is 10.1 Å². The first-order valence-electron chi connectivity index (χ1n) is 5.28. The van der Waals surface area contributed by atoms with Gasteiger partial charge >= 0.3 is 5.69 Å². The van der Waals surface area contributed by atoms with E-state index < -0.39 is 0 Å². The monoisotopic (exact) mass is 248 g/mol. The standard InChI is InChI=1S/C12H12N2O2S/c1-8(2)17-10-6-5-9-4-3-7-13-11(9)12(10)14(15)16/h3-8H,1-2H3. The molecule has 4 nitrogen and oxygen atoms in total. The first-order valence-corrected chi connectivity index (χ1v) is 6.16. The Morgan fingerprint density at radius 1 is 1.35 bits per heavy atom. The summed E-state index contributed by atoms with van der Waals surface area (Å²) in [7, 11) is 0. The zero-order chi connectivity index (χ0) is 12.4. The van der Waals surface area contributed by atoms with Crippen LogP contribution in [-0.4, -0.2) is 15.2 Å². The van der Waals surface area contributed by atoms with E-state index in [-0.39, 0.29) is 10.6 Å². The summed E-state index contributed by atoms with van der Waals surface area (Å²) < 4.78 is 0. The Balaban J connectivity index is 2.68. The minimum Gasteiger partial charge on any atom is -0.258 e. The van der Waals surface area contributed by atoms with Crippen LogP contribution in [0.25, 0.3) is 10.9 Å². The van der Waals surface area contributed by atoms with Gasteiger partial charge in [0.05, 0.1) is 9.82 Å². The van der Waals surface area contributed by atoms with Crippen LogP contribution in [0.1, 0.15) is 13.8 Å². The highest BCUT2D eigenvalue weighted by atomic mass is 32.2. The Hall–Kier alpha value is -1.62. The minimum atomic E-state index is -0.347. The molecule has 2 rings (SSSR count). The number of hydrogen-bond donors (Lipinski definition) is 0. The van der Waals surface area contributed by atoms with Gasteiger partial charge in [-0.25, -0.2) is 4.98 Å². The van der Waals surface area contributed by atoms with Crippen LogP contribution in [0.15, 0.2) is 35.4 Å². The van der Waals surface area contributed by atoms with Gasteiger partial charge in [0.1, 0.15) is 5.52 Å². The lowest BCUT2D eigenvalue weighted by molar-refractivity contribution is -0.386. The smallest absolute Gasteiger partial charge is 0.258 e. The molecule has 5 heteroatoms. The topological polar surface area (TPSA) is 56.0 Å². The summed E-state index contributed by atoms with van der Waals surface area (Å²) in [4.78, 5) is 15.6. The summed E-state index contributed by atoms with van der Waals surface area (Å²) in [5, 5.41) is 12.3. The van der Waals surface area contributed by atoms with Gasteiger partial charge in [0.15, 0.2) is 0 Å². The molecule has 88 valence electrons. The van der Waals surface area contributed by atoms with Crippen molar-refractivity contribution < 1.29 is 4.92 Å². The van der Waals surface area contributed by atoms with E-state index in [2.05, 4.69) is 4.98 Å². The highest BCUT2D eigenvalue weighted by Gasteiger charge is 2.20. The molecule has 0 aliphatic rings. The molecule has 2 aromatic rings.